The maximum atomic E-state index is 14.1. The minimum Gasteiger partial charge on any atom is -0.496 e. The number of anilines is 1. The number of imide groups is 1. The summed E-state index contributed by atoms with van der Waals surface area (Å²) in [7, 11) is 1.41. The topological polar surface area (TPSA) is 89.8 Å². The van der Waals surface area contributed by atoms with Gasteiger partial charge in [0.25, 0.3) is 5.69 Å². The first-order valence-electron chi connectivity index (χ1n) is 11.3. The number of nitro groups is 1. The summed E-state index contributed by atoms with van der Waals surface area (Å²) >= 11 is 0. The second kappa shape index (κ2) is 7.00. The van der Waals surface area contributed by atoms with Crippen LogP contribution >= 0.6 is 0 Å². The lowest BCUT2D eigenvalue weighted by Gasteiger charge is -2.54. The molecule has 2 amide bonds. The maximum Gasteiger partial charge on any atom is 0.297 e. The fourth-order valence-electron chi connectivity index (χ4n) is 6.73. The number of benzene rings is 3. The molecule has 1 aliphatic heterocycles. The quantitative estimate of drug-likeness (QED) is 0.327. The highest BCUT2D eigenvalue weighted by Crippen LogP contribution is 2.65. The van der Waals surface area contributed by atoms with Crippen LogP contribution in [0.25, 0.3) is 0 Å². The molecule has 3 aromatic rings. The number of rotatable bonds is 4. The summed E-state index contributed by atoms with van der Waals surface area (Å²) in [6.07, 6.45) is 0.631. The normalized spacial score (nSPS) is 26.2. The molecule has 34 heavy (non-hydrogen) atoms. The van der Waals surface area contributed by atoms with Gasteiger partial charge in [-0.2, -0.15) is 0 Å². The highest BCUT2D eigenvalue weighted by atomic mass is 16.6. The first-order valence-corrected chi connectivity index (χ1v) is 11.3. The number of amides is 2. The average Bonchev–Trinajstić information content (AvgIpc) is 3.14. The zero-order valence-corrected chi connectivity index (χ0v) is 18.7. The molecule has 1 heterocycles. The highest BCUT2D eigenvalue weighted by Gasteiger charge is 2.67. The SMILES string of the molecule is CCC12c3ccccc3C(c3ccccc31)[C@H]1C(=O)N(c3ccc(OC)cc3[N+](=O)[O-])C(=O)[C@H]12. The van der Waals surface area contributed by atoms with Crippen molar-refractivity contribution in [3.8, 4) is 5.75 Å². The van der Waals surface area contributed by atoms with Crippen LogP contribution in [0.3, 0.4) is 0 Å². The van der Waals surface area contributed by atoms with E-state index < -0.39 is 22.2 Å². The fourth-order valence-corrected chi connectivity index (χ4v) is 6.73. The van der Waals surface area contributed by atoms with Crippen molar-refractivity contribution in [2.75, 3.05) is 12.0 Å². The summed E-state index contributed by atoms with van der Waals surface area (Å²) < 4.78 is 5.14. The van der Waals surface area contributed by atoms with E-state index in [4.69, 9.17) is 4.74 Å². The fraction of sp³-hybridized carbons (Fsp3) is 0.259. The molecule has 4 aliphatic rings. The number of hydrogen-bond acceptors (Lipinski definition) is 5. The Kier molecular flexibility index (Phi) is 4.24. The smallest absolute Gasteiger partial charge is 0.297 e. The molecule has 0 radical (unpaired) electrons. The van der Waals surface area contributed by atoms with Crippen molar-refractivity contribution in [1.29, 1.82) is 0 Å². The molecule has 3 aliphatic carbocycles. The number of methoxy groups -OCH3 is 1. The lowest BCUT2D eigenvalue weighted by Crippen LogP contribution is -2.53. The molecule has 3 aromatic carbocycles. The van der Waals surface area contributed by atoms with Gasteiger partial charge in [-0.15, -0.1) is 0 Å². The standard InChI is InChI=1S/C27H22N2O5/c1-3-27-18-10-6-4-8-16(18)22(17-9-5-7-11-19(17)27)23-24(27)26(31)28(25(23)30)20-13-12-15(34-2)14-21(20)29(32)33/h4-14,22-24H,3H2,1-2H3/t22?,23-,24+,27?/m1/s1. The first-order chi connectivity index (χ1) is 16.5. The van der Waals surface area contributed by atoms with Gasteiger partial charge in [0.15, 0.2) is 0 Å². The van der Waals surface area contributed by atoms with Gasteiger partial charge in [-0.05, 0) is 40.8 Å². The predicted molar refractivity (Wildman–Crippen MR) is 125 cm³/mol. The van der Waals surface area contributed by atoms with Crippen LogP contribution in [-0.4, -0.2) is 23.8 Å². The summed E-state index contributed by atoms with van der Waals surface area (Å²) in [5.41, 5.74) is 3.29. The van der Waals surface area contributed by atoms with E-state index in [1.807, 2.05) is 43.3 Å². The predicted octanol–water partition coefficient (Wildman–Crippen LogP) is 4.56. The van der Waals surface area contributed by atoms with E-state index in [1.54, 1.807) is 6.07 Å². The molecule has 0 spiro atoms. The molecule has 170 valence electrons. The van der Waals surface area contributed by atoms with Crippen LogP contribution in [0.5, 0.6) is 5.75 Å². The minimum atomic E-state index is -0.671. The molecular weight excluding hydrogens is 432 g/mol. The Bertz CT molecular complexity index is 1350. The van der Waals surface area contributed by atoms with Gasteiger partial charge in [-0.1, -0.05) is 55.5 Å². The van der Waals surface area contributed by atoms with E-state index >= 15 is 0 Å². The van der Waals surface area contributed by atoms with Crippen molar-refractivity contribution in [3.63, 3.8) is 0 Å². The number of hydrogen-bond donors (Lipinski definition) is 0. The van der Waals surface area contributed by atoms with E-state index in [2.05, 4.69) is 12.1 Å². The van der Waals surface area contributed by atoms with Gasteiger partial charge in [0.2, 0.25) is 11.8 Å². The van der Waals surface area contributed by atoms with Crippen LogP contribution in [-0.2, 0) is 15.0 Å². The van der Waals surface area contributed by atoms with E-state index in [0.29, 0.717) is 6.42 Å². The molecule has 0 N–H and O–H groups in total. The third-order valence-electron chi connectivity index (χ3n) is 7.97. The molecule has 1 saturated heterocycles. The lowest BCUT2D eigenvalue weighted by molar-refractivity contribution is -0.384. The second-order valence-corrected chi connectivity index (χ2v) is 9.10. The zero-order valence-electron chi connectivity index (χ0n) is 18.7. The monoisotopic (exact) mass is 454 g/mol. The van der Waals surface area contributed by atoms with Gasteiger partial charge < -0.3 is 4.74 Å². The molecule has 7 nitrogen and oxygen atoms in total. The number of ether oxygens (including phenoxy) is 1. The van der Waals surface area contributed by atoms with Crippen LogP contribution in [0.1, 0.15) is 41.5 Å². The van der Waals surface area contributed by atoms with Crippen molar-refractivity contribution >= 4 is 23.2 Å². The maximum absolute atomic E-state index is 14.1. The number of carbonyl (C=O) groups excluding carboxylic acids is 2. The Labute approximate surface area is 196 Å². The number of carbonyl (C=O) groups is 2. The van der Waals surface area contributed by atoms with E-state index in [0.717, 1.165) is 27.2 Å². The van der Waals surface area contributed by atoms with Gasteiger partial charge in [-0.3, -0.25) is 19.7 Å². The van der Waals surface area contributed by atoms with E-state index in [9.17, 15) is 19.7 Å². The van der Waals surface area contributed by atoms with E-state index in [-0.39, 0.29) is 34.9 Å². The molecule has 0 saturated carbocycles. The van der Waals surface area contributed by atoms with Crippen LogP contribution in [0, 0.1) is 22.0 Å². The van der Waals surface area contributed by atoms with Crippen LogP contribution in [0.2, 0.25) is 0 Å². The Hall–Kier alpha value is -4.00. The molecule has 7 rings (SSSR count). The summed E-state index contributed by atoms with van der Waals surface area (Å²) in [6, 6.07) is 20.3. The lowest BCUT2D eigenvalue weighted by atomic mass is 9.46. The Morgan fingerprint density at radius 3 is 2.15 bits per heavy atom. The molecule has 2 bridgehead atoms. The highest BCUT2D eigenvalue weighted by molar-refractivity contribution is 6.24. The number of nitrogens with zero attached hydrogens (tertiary/aromatic N) is 2. The summed E-state index contributed by atoms with van der Waals surface area (Å²) in [5.74, 6) is -1.98. The third-order valence-corrected chi connectivity index (χ3v) is 7.97. The average molecular weight is 454 g/mol. The molecule has 0 aromatic heterocycles. The summed E-state index contributed by atoms with van der Waals surface area (Å²) in [6.45, 7) is 2.05. The van der Waals surface area contributed by atoms with Crippen molar-refractivity contribution in [3.05, 3.63) is 99.1 Å². The molecule has 7 heteroatoms. The Morgan fingerprint density at radius 2 is 1.59 bits per heavy atom. The van der Waals surface area contributed by atoms with Gasteiger partial charge in [-0.25, -0.2) is 4.90 Å². The Balaban J connectivity index is 1.61. The Morgan fingerprint density at radius 1 is 0.971 bits per heavy atom. The van der Waals surface area contributed by atoms with Crippen LogP contribution in [0.4, 0.5) is 11.4 Å². The largest absolute Gasteiger partial charge is 0.496 e. The van der Waals surface area contributed by atoms with Gasteiger partial charge in [0.1, 0.15) is 11.4 Å². The van der Waals surface area contributed by atoms with E-state index in [1.165, 1.54) is 19.2 Å². The van der Waals surface area contributed by atoms with Gasteiger partial charge >= 0.3 is 0 Å². The van der Waals surface area contributed by atoms with Crippen molar-refractivity contribution < 1.29 is 19.2 Å². The van der Waals surface area contributed by atoms with Crippen molar-refractivity contribution in [2.24, 2.45) is 11.8 Å². The summed E-state index contributed by atoms with van der Waals surface area (Å²) in [4.78, 5) is 40.5. The molecule has 2 atom stereocenters. The zero-order chi connectivity index (χ0) is 23.8. The van der Waals surface area contributed by atoms with Gasteiger partial charge in [0, 0.05) is 11.3 Å². The number of nitro benzene ring substituents is 1. The molecular formula is C27H22N2O5. The molecule has 0 unspecified atom stereocenters. The summed E-state index contributed by atoms with van der Waals surface area (Å²) in [5, 5.41) is 11.9. The third kappa shape index (κ3) is 2.31. The second-order valence-electron chi connectivity index (χ2n) is 9.10. The van der Waals surface area contributed by atoms with Crippen LogP contribution in [0.15, 0.2) is 66.7 Å². The first kappa shape index (κ1) is 20.6. The minimum absolute atomic E-state index is 0.00559. The van der Waals surface area contributed by atoms with Crippen LogP contribution < -0.4 is 9.64 Å². The van der Waals surface area contributed by atoms with Crippen molar-refractivity contribution in [2.45, 2.75) is 24.7 Å². The van der Waals surface area contributed by atoms with Crippen molar-refractivity contribution in [1.82, 2.24) is 0 Å². The van der Waals surface area contributed by atoms with Gasteiger partial charge in [0.05, 0.1) is 29.9 Å². The molecule has 1 fully saturated rings.